The highest BCUT2D eigenvalue weighted by Gasteiger charge is 2.16. The van der Waals surface area contributed by atoms with Crippen molar-refractivity contribution in [2.75, 3.05) is 0 Å². The van der Waals surface area contributed by atoms with E-state index in [-0.39, 0.29) is 11.4 Å². The molecule has 6 heteroatoms. The molecule has 0 aliphatic carbocycles. The Kier molecular flexibility index (Phi) is 4.34. The first-order valence-corrected chi connectivity index (χ1v) is 7.93. The number of aryl methyl sites for hydroxylation is 1. The number of benzene rings is 1. The van der Waals surface area contributed by atoms with E-state index in [0.29, 0.717) is 10.2 Å². The van der Waals surface area contributed by atoms with E-state index in [1.807, 2.05) is 19.1 Å². The number of hydrogen-bond acceptors (Lipinski definition) is 3. The molecule has 0 radical (unpaired) electrons. The lowest BCUT2D eigenvalue weighted by molar-refractivity contribution is 0.580. The predicted molar refractivity (Wildman–Crippen MR) is 77.1 cm³/mol. The first kappa shape index (κ1) is 14.2. The van der Waals surface area contributed by atoms with Crippen LogP contribution in [0.25, 0.3) is 0 Å². The van der Waals surface area contributed by atoms with Crippen LogP contribution in [0.5, 0.6) is 0 Å². The van der Waals surface area contributed by atoms with Gasteiger partial charge in [-0.25, -0.2) is 13.1 Å². The van der Waals surface area contributed by atoms with E-state index >= 15 is 0 Å². The fourth-order valence-electron chi connectivity index (χ4n) is 1.61. The molecule has 0 fully saturated rings. The summed E-state index contributed by atoms with van der Waals surface area (Å²) in [6.45, 7) is 2.04. The van der Waals surface area contributed by atoms with Gasteiger partial charge in [0, 0.05) is 10.2 Å². The van der Waals surface area contributed by atoms with Crippen LogP contribution in [0.1, 0.15) is 11.4 Å². The van der Waals surface area contributed by atoms with Crippen LogP contribution in [0.3, 0.4) is 0 Å². The zero-order chi connectivity index (χ0) is 13.9. The van der Waals surface area contributed by atoms with Gasteiger partial charge in [-0.2, -0.15) is 0 Å². The molecule has 0 spiro atoms. The average molecular weight is 341 g/mol. The number of nitrogens with one attached hydrogen (secondary N) is 1. The molecular formula is C13H13BrN2O2S. The minimum absolute atomic E-state index is 0.172. The summed E-state index contributed by atoms with van der Waals surface area (Å²) >= 11 is 3.24. The minimum atomic E-state index is -3.54. The van der Waals surface area contributed by atoms with Crippen LogP contribution in [0, 0.1) is 6.92 Å². The van der Waals surface area contributed by atoms with Gasteiger partial charge in [0.1, 0.15) is 0 Å². The summed E-state index contributed by atoms with van der Waals surface area (Å²) in [5.41, 5.74) is 1.55. The van der Waals surface area contributed by atoms with Gasteiger partial charge in [0.2, 0.25) is 10.0 Å². The van der Waals surface area contributed by atoms with Crippen LogP contribution in [0.2, 0.25) is 0 Å². The molecular weight excluding hydrogens is 328 g/mol. The highest BCUT2D eigenvalue weighted by Crippen LogP contribution is 2.20. The molecule has 0 unspecified atom stereocenters. The van der Waals surface area contributed by atoms with Crippen molar-refractivity contribution in [1.29, 1.82) is 0 Å². The highest BCUT2D eigenvalue weighted by molar-refractivity contribution is 9.10. The molecule has 1 aromatic carbocycles. The third-order valence-corrected chi connectivity index (χ3v) is 4.93. The van der Waals surface area contributed by atoms with E-state index in [4.69, 9.17) is 0 Å². The first-order chi connectivity index (χ1) is 8.99. The van der Waals surface area contributed by atoms with E-state index in [0.717, 1.165) is 5.69 Å². The van der Waals surface area contributed by atoms with E-state index in [1.165, 1.54) is 0 Å². The van der Waals surface area contributed by atoms with E-state index in [1.54, 1.807) is 30.3 Å². The molecule has 0 aliphatic heterocycles. The normalized spacial score (nSPS) is 11.5. The molecule has 19 heavy (non-hydrogen) atoms. The van der Waals surface area contributed by atoms with Gasteiger partial charge in [-0.3, -0.25) is 4.98 Å². The molecule has 2 rings (SSSR count). The van der Waals surface area contributed by atoms with Crippen molar-refractivity contribution in [3.8, 4) is 0 Å². The molecule has 0 bridgehead atoms. The molecule has 4 nitrogen and oxygen atoms in total. The topological polar surface area (TPSA) is 59.1 Å². The van der Waals surface area contributed by atoms with Gasteiger partial charge in [-0.15, -0.1) is 0 Å². The number of nitrogens with zero attached hydrogens (tertiary/aromatic N) is 1. The fourth-order valence-corrected chi connectivity index (χ4v) is 3.61. The third kappa shape index (κ3) is 3.62. The summed E-state index contributed by atoms with van der Waals surface area (Å²) in [5, 5.41) is 0. The first-order valence-electron chi connectivity index (χ1n) is 5.66. The van der Waals surface area contributed by atoms with Crippen molar-refractivity contribution >= 4 is 26.0 Å². The van der Waals surface area contributed by atoms with E-state index in [9.17, 15) is 8.42 Å². The summed E-state index contributed by atoms with van der Waals surface area (Å²) in [4.78, 5) is 4.48. The van der Waals surface area contributed by atoms with Gasteiger partial charge in [-0.05, 0) is 47.1 Å². The molecule has 0 atom stereocenters. The Labute approximate surface area is 121 Å². The molecule has 1 heterocycles. The molecule has 100 valence electrons. The Morgan fingerprint density at radius 1 is 1.16 bits per heavy atom. The van der Waals surface area contributed by atoms with Gasteiger partial charge < -0.3 is 0 Å². The van der Waals surface area contributed by atoms with Crippen LogP contribution in [-0.2, 0) is 16.6 Å². The Hall–Kier alpha value is -1.24. The second-order valence-corrected chi connectivity index (χ2v) is 6.61. The van der Waals surface area contributed by atoms with Gasteiger partial charge in [0.25, 0.3) is 0 Å². The van der Waals surface area contributed by atoms with E-state index in [2.05, 4.69) is 25.6 Å². The highest BCUT2D eigenvalue weighted by atomic mass is 79.9. The van der Waals surface area contributed by atoms with Crippen LogP contribution in [0.4, 0.5) is 0 Å². The second kappa shape index (κ2) is 5.81. The molecule has 1 aromatic heterocycles. The monoisotopic (exact) mass is 340 g/mol. The number of hydrogen-bond donors (Lipinski definition) is 1. The maximum absolute atomic E-state index is 12.1. The summed E-state index contributed by atoms with van der Waals surface area (Å²) in [6.07, 6.45) is 0. The molecule has 0 saturated carbocycles. The second-order valence-electron chi connectivity index (χ2n) is 4.03. The maximum atomic E-state index is 12.1. The zero-order valence-electron chi connectivity index (χ0n) is 10.3. The average Bonchev–Trinajstić information content (AvgIpc) is 2.37. The van der Waals surface area contributed by atoms with Crippen molar-refractivity contribution in [3.63, 3.8) is 0 Å². The predicted octanol–water partition coefficient (Wildman–Crippen LogP) is 2.63. The number of rotatable bonds is 4. The SMILES string of the molecule is Cc1cccc(CNS(=O)(=O)c2ccccc2Br)n1. The molecule has 2 aromatic rings. The number of halogens is 1. The van der Waals surface area contributed by atoms with Crippen LogP contribution >= 0.6 is 15.9 Å². The van der Waals surface area contributed by atoms with Gasteiger partial charge >= 0.3 is 0 Å². The minimum Gasteiger partial charge on any atom is -0.257 e. The summed E-state index contributed by atoms with van der Waals surface area (Å²) in [7, 11) is -3.54. The Morgan fingerprint density at radius 2 is 1.89 bits per heavy atom. The van der Waals surface area contributed by atoms with Gasteiger partial charge in [0.05, 0.1) is 17.1 Å². The van der Waals surface area contributed by atoms with Crippen LogP contribution in [-0.4, -0.2) is 13.4 Å². The molecule has 0 saturated heterocycles. The Balaban J connectivity index is 2.17. The Morgan fingerprint density at radius 3 is 2.58 bits per heavy atom. The zero-order valence-corrected chi connectivity index (χ0v) is 12.7. The van der Waals surface area contributed by atoms with Crippen LogP contribution in [0.15, 0.2) is 51.8 Å². The molecule has 1 N–H and O–H groups in total. The fraction of sp³-hybridized carbons (Fsp3) is 0.154. The third-order valence-electron chi connectivity index (χ3n) is 2.52. The number of aromatic nitrogens is 1. The van der Waals surface area contributed by atoms with Crippen molar-refractivity contribution in [3.05, 3.63) is 58.3 Å². The summed E-state index contributed by atoms with van der Waals surface area (Å²) in [6, 6.07) is 12.2. The van der Waals surface area contributed by atoms with Gasteiger partial charge in [-0.1, -0.05) is 18.2 Å². The number of pyridine rings is 1. The van der Waals surface area contributed by atoms with Crippen molar-refractivity contribution < 1.29 is 8.42 Å². The molecule has 0 aliphatic rings. The van der Waals surface area contributed by atoms with E-state index < -0.39 is 10.0 Å². The van der Waals surface area contributed by atoms with Crippen molar-refractivity contribution in [1.82, 2.24) is 9.71 Å². The largest absolute Gasteiger partial charge is 0.257 e. The Bertz CT molecular complexity index is 687. The lowest BCUT2D eigenvalue weighted by Gasteiger charge is -2.08. The lowest BCUT2D eigenvalue weighted by Crippen LogP contribution is -2.24. The maximum Gasteiger partial charge on any atom is 0.242 e. The van der Waals surface area contributed by atoms with Crippen LogP contribution < -0.4 is 4.72 Å². The molecule has 0 amide bonds. The van der Waals surface area contributed by atoms with Crippen molar-refractivity contribution in [2.24, 2.45) is 0 Å². The van der Waals surface area contributed by atoms with Gasteiger partial charge in [0.15, 0.2) is 0 Å². The summed E-state index contributed by atoms with van der Waals surface area (Å²) in [5.74, 6) is 0. The summed E-state index contributed by atoms with van der Waals surface area (Å²) < 4.78 is 27.4. The smallest absolute Gasteiger partial charge is 0.242 e. The quantitative estimate of drug-likeness (QED) is 0.930. The number of sulfonamides is 1. The lowest BCUT2D eigenvalue weighted by atomic mass is 10.3. The standard InChI is InChI=1S/C13H13BrN2O2S/c1-10-5-4-6-11(16-10)9-15-19(17,18)13-8-3-2-7-12(13)14/h2-8,15H,9H2,1H3. The van der Waals surface area contributed by atoms with Crippen molar-refractivity contribution in [2.45, 2.75) is 18.4 Å².